The largest absolute Gasteiger partial charge is 0.351 e. The fourth-order valence-corrected chi connectivity index (χ4v) is 3.23. The topological polar surface area (TPSA) is 86.8 Å². The first-order chi connectivity index (χ1) is 10.3. The van der Waals surface area contributed by atoms with E-state index in [0.29, 0.717) is 24.0 Å². The van der Waals surface area contributed by atoms with Gasteiger partial charge in [-0.1, -0.05) is 0 Å². The van der Waals surface area contributed by atoms with Gasteiger partial charge >= 0.3 is 0 Å². The van der Waals surface area contributed by atoms with Gasteiger partial charge in [0.1, 0.15) is 0 Å². The van der Waals surface area contributed by atoms with Crippen LogP contribution in [0.25, 0.3) is 0 Å². The molecule has 4 N–H and O–H groups in total. The maximum Gasteiger partial charge on any atom is 0.228 e. The Balaban J connectivity index is 1.63. The molecule has 0 saturated carbocycles. The lowest BCUT2D eigenvalue weighted by atomic mass is 10.1. The number of aromatic nitrogens is 3. The highest BCUT2D eigenvalue weighted by Gasteiger charge is 2.17. The van der Waals surface area contributed by atoms with Crippen molar-refractivity contribution < 1.29 is 0 Å². The minimum atomic E-state index is 0.455. The fraction of sp³-hybridized carbons (Fsp3) is 0.769. The third-order valence-electron chi connectivity index (χ3n) is 3.95. The van der Waals surface area contributed by atoms with Gasteiger partial charge in [-0.3, -0.25) is 0 Å². The van der Waals surface area contributed by atoms with E-state index in [4.69, 9.17) is 0 Å². The fourth-order valence-electron chi connectivity index (χ4n) is 2.78. The molecule has 21 heavy (non-hydrogen) atoms. The van der Waals surface area contributed by atoms with Crippen LogP contribution in [0.1, 0.15) is 25.7 Å². The van der Waals surface area contributed by atoms with E-state index < -0.39 is 0 Å². The van der Waals surface area contributed by atoms with E-state index in [9.17, 15) is 0 Å². The first kappa shape index (κ1) is 15.2. The second-order valence-electron chi connectivity index (χ2n) is 5.59. The monoisotopic (exact) mass is 403 g/mol. The van der Waals surface area contributed by atoms with Gasteiger partial charge in [0.2, 0.25) is 11.9 Å². The molecule has 1 aromatic heterocycles. The number of nitrogens with one attached hydrogen (secondary N) is 4. The molecule has 2 aliphatic rings. The van der Waals surface area contributed by atoms with Crippen molar-refractivity contribution in [2.45, 2.75) is 37.8 Å². The molecule has 8 heteroatoms. The van der Waals surface area contributed by atoms with Crippen LogP contribution in [0.15, 0.2) is 0 Å². The SMILES string of the molecule is Ic1nc(NC2CCNCC2)nc(NC2CCNCC2)n1. The molecule has 0 amide bonds. The molecule has 0 aliphatic carbocycles. The highest BCUT2D eigenvalue weighted by molar-refractivity contribution is 14.1. The molecular weight excluding hydrogens is 381 g/mol. The zero-order valence-electron chi connectivity index (χ0n) is 12.0. The Hall–Kier alpha value is -0.740. The zero-order valence-corrected chi connectivity index (χ0v) is 14.2. The predicted octanol–water partition coefficient (Wildman–Crippen LogP) is 0.804. The average Bonchev–Trinajstić information content (AvgIpc) is 2.48. The molecule has 2 fully saturated rings. The number of piperidine rings is 2. The maximum absolute atomic E-state index is 4.53. The number of anilines is 2. The van der Waals surface area contributed by atoms with Gasteiger partial charge in [-0.15, -0.1) is 0 Å². The molecule has 0 spiro atoms. The Bertz CT molecular complexity index is 420. The Morgan fingerprint density at radius 3 is 1.62 bits per heavy atom. The third kappa shape index (κ3) is 4.62. The molecule has 7 nitrogen and oxygen atoms in total. The molecule has 1 aromatic rings. The summed E-state index contributed by atoms with van der Waals surface area (Å²) in [6.45, 7) is 4.22. The third-order valence-corrected chi connectivity index (χ3v) is 4.44. The van der Waals surface area contributed by atoms with Gasteiger partial charge in [0.25, 0.3) is 0 Å². The van der Waals surface area contributed by atoms with Crippen molar-refractivity contribution in [2.24, 2.45) is 0 Å². The number of halogens is 1. The van der Waals surface area contributed by atoms with Crippen LogP contribution in [0.2, 0.25) is 0 Å². The van der Waals surface area contributed by atoms with Crippen LogP contribution in [0, 0.1) is 3.83 Å². The smallest absolute Gasteiger partial charge is 0.228 e. The van der Waals surface area contributed by atoms with Gasteiger partial charge in [0.15, 0.2) is 3.83 Å². The van der Waals surface area contributed by atoms with Crippen molar-refractivity contribution in [3.63, 3.8) is 0 Å². The standard InChI is InChI=1S/C13H22IN7/c14-11-19-12(17-9-1-5-15-6-2-9)21-13(20-11)18-10-3-7-16-8-4-10/h9-10,15-16H,1-8H2,(H2,17,18,19,20,21). The summed E-state index contributed by atoms with van der Waals surface area (Å²) in [7, 11) is 0. The van der Waals surface area contributed by atoms with Gasteiger partial charge in [0.05, 0.1) is 0 Å². The van der Waals surface area contributed by atoms with E-state index in [1.807, 2.05) is 0 Å². The molecular formula is C13H22IN7. The van der Waals surface area contributed by atoms with Gasteiger partial charge in [-0.25, -0.2) is 0 Å². The normalized spacial score (nSPS) is 21.2. The Kier molecular flexibility index (Phi) is 5.42. The molecule has 2 aliphatic heterocycles. The van der Waals surface area contributed by atoms with E-state index in [1.165, 1.54) is 0 Å². The average molecular weight is 403 g/mol. The van der Waals surface area contributed by atoms with Crippen LogP contribution in [0.3, 0.4) is 0 Å². The maximum atomic E-state index is 4.53. The van der Waals surface area contributed by atoms with Crippen LogP contribution < -0.4 is 21.3 Å². The molecule has 0 atom stereocenters. The molecule has 0 unspecified atom stereocenters. The van der Waals surface area contributed by atoms with Crippen LogP contribution in [-0.2, 0) is 0 Å². The number of nitrogens with zero attached hydrogens (tertiary/aromatic N) is 3. The van der Waals surface area contributed by atoms with Crippen molar-refractivity contribution in [1.82, 2.24) is 25.6 Å². The quantitative estimate of drug-likeness (QED) is 0.554. The van der Waals surface area contributed by atoms with E-state index >= 15 is 0 Å². The minimum Gasteiger partial charge on any atom is -0.351 e. The van der Waals surface area contributed by atoms with Crippen LogP contribution in [-0.4, -0.2) is 53.2 Å². The highest BCUT2D eigenvalue weighted by atomic mass is 127. The second kappa shape index (κ2) is 7.50. The summed E-state index contributed by atoms with van der Waals surface area (Å²) < 4.78 is 0.732. The van der Waals surface area contributed by atoms with E-state index in [0.717, 1.165) is 55.7 Å². The summed E-state index contributed by atoms with van der Waals surface area (Å²) in [4.78, 5) is 13.3. The summed E-state index contributed by atoms with van der Waals surface area (Å²) in [5, 5.41) is 13.6. The van der Waals surface area contributed by atoms with E-state index in [2.05, 4.69) is 58.8 Å². The molecule has 0 bridgehead atoms. The lowest BCUT2D eigenvalue weighted by molar-refractivity contribution is 0.474. The van der Waals surface area contributed by atoms with E-state index in [-0.39, 0.29) is 0 Å². The van der Waals surface area contributed by atoms with Gasteiger partial charge in [-0.05, 0) is 51.9 Å². The number of rotatable bonds is 4. The van der Waals surface area contributed by atoms with Crippen LogP contribution in [0.5, 0.6) is 0 Å². The first-order valence-corrected chi connectivity index (χ1v) is 8.73. The van der Waals surface area contributed by atoms with Gasteiger partial charge in [-0.2, -0.15) is 15.0 Å². The van der Waals surface area contributed by atoms with Gasteiger partial charge < -0.3 is 21.3 Å². The van der Waals surface area contributed by atoms with Crippen molar-refractivity contribution >= 4 is 34.5 Å². The Labute approximate surface area is 138 Å². The molecule has 3 heterocycles. The Morgan fingerprint density at radius 2 is 1.19 bits per heavy atom. The van der Waals surface area contributed by atoms with Gasteiger partial charge in [0, 0.05) is 34.7 Å². The molecule has 116 valence electrons. The summed E-state index contributed by atoms with van der Waals surface area (Å²) in [6.07, 6.45) is 4.44. The van der Waals surface area contributed by atoms with Crippen molar-refractivity contribution in [1.29, 1.82) is 0 Å². The first-order valence-electron chi connectivity index (χ1n) is 7.66. The van der Waals surface area contributed by atoms with Crippen LogP contribution >= 0.6 is 22.6 Å². The van der Waals surface area contributed by atoms with E-state index in [1.54, 1.807) is 0 Å². The molecule has 2 saturated heterocycles. The Morgan fingerprint density at radius 1 is 0.762 bits per heavy atom. The molecule has 3 rings (SSSR count). The second-order valence-corrected chi connectivity index (χ2v) is 6.55. The molecule has 0 radical (unpaired) electrons. The summed E-state index contributed by atoms with van der Waals surface area (Å²) in [5.41, 5.74) is 0. The predicted molar refractivity (Wildman–Crippen MR) is 91.6 cm³/mol. The highest BCUT2D eigenvalue weighted by Crippen LogP contribution is 2.14. The summed E-state index contributed by atoms with van der Waals surface area (Å²) >= 11 is 2.15. The lowest BCUT2D eigenvalue weighted by Crippen LogP contribution is -2.36. The van der Waals surface area contributed by atoms with Crippen molar-refractivity contribution in [3.8, 4) is 0 Å². The number of hydrogen-bond acceptors (Lipinski definition) is 7. The minimum absolute atomic E-state index is 0.455. The van der Waals surface area contributed by atoms with Crippen molar-refractivity contribution in [2.75, 3.05) is 36.8 Å². The lowest BCUT2D eigenvalue weighted by Gasteiger charge is -2.25. The number of hydrogen-bond donors (Lipinski definition) is 4. The zero-order chi connectivity index (χ0) is 14.5. The summed E-state index contributed by atoms with van der Waals surface area (Å²) in [5.74, 6) is 1.38. The summed E-state index contributed by atoms with van der Waals surface area (Å²) in [6, 6.07) is 0.910. The molecule has 0 aromatic carbocycles. The van der Waals surface area contributed by atoms with Crippen molar-refractivity contribution in [3.05, 3.63) is 3.83 Å². The van der Waals surface area contributed by atoms with Crippen LogP contribution in [0.4, 0.5) is 11.9 Å².